The monoisotopic (exact) mass is 616 g/mol. The first-order chi connectivity index (χ1) is 21.6. The lowest BCUT2D eigenvalue weighted by molar-refractivity contribution is -0.252. The smallest absolute Gasteiger partial charge is 0.251 e. The minimum atomic E-state index is -1.64. The number of ketones is 1. The summed E-state index contributed by atoms with van der Waals surface area (Å²) in [4.78, 5) is 28.9. The number of nitrogens with zero attached hydrogens (tertiary/aromatic N) is 1. The van der Waals surface area contributed by atoms with Crippen LogP contribution in [-0.2, 0) is 4.74 Å². The topological polar surface area (TPSA) is 153 Å². The van der Waals surface area contributed by atoms with E-state index in [2.05, 4.69) is 10.2 Å². The third kappa shape index (κ3) is 6.25. The molecule has 45 heavy (non-hydrogen) atoms. The van der Waals surface area contributed by atoms with Gasteiger partial charge in [-0.05, 0) is 44.5 Å². The van der Waals surface area contributed by atoms with Crippen molar-refractivity contribution in [2.45, 2.75) is 64.8 Å². The molecule has 3 aromatic carbocycles. The highest BCUT2D eigenvalue weighted by Crippen LogP contribution is 2.41. The summed E-state index contributed by atoms with van der Waals surface area (Å²) in [5.41, 5.74) is 5.62. The van der Waals surface area contributed by atoms with Crippen LogP contribution in [0.4, 0.5) is 5.69 Å². The number of carbonyl (C=O) groups excluding carboxylic acids is 2. The minimum absolute atomic E-state index is 0.0450. The number of Topliss-reactive ketones (excluding diaryl/α,β-unsaturated/α-hetero) is 1. The van der Waals surface area contributed by atoms with E-state index in [1.807, 2.05) is 70.2 Å². The highest BCUT2D eigenvalue weighted by molar-refractivity contribution is 6.13. The second-order valence-electron chi connectivity index (χ2n) is 11.3. The van der Waals surface area contributed by atoms with E-state index in [9.17, 15) is 30.0 Å². The molecule has 5 atom stereocenters. The number of amides is 1. The number of rotatable bonds is 10. The van der Waals surface area contributed by atoms with E-state index in [0.717, 1.165) is 22.4 Å². The van der Waals surface area contributed by atoms with Gasteiger partial charge >= 0.3 is 0 Å². The van der Waals surface area contributed by atoms with E-state index in [1.165, 1.54) is 0 Å². The Hall–Kier alpha value is -4.06. The van der Waals surface area contributed by atoms with Crippen molar-refractivity contribution >= 4 is 28.3 Å². The molecule has 4 aromatic rings. The number of hydrogen-bond acceptors (Lipinski definition) is 9. The third-order valence-electron chi connectivity index (χ3n) is 8.46. The van der Waals surface area contributed by atoms with Crippen molar-refractivity contribution in [2.24, 2.45) is 0 Å². The molecule has 10 heteroatoms. The standard InChI is InChI=1S/C35H40N2O8/c1-5-26(39)29-24-16-23(25(37(6-2)7-3)17-27(24)44-33(29)20-13-11-19(4)12-14-20)21-9-8-10-22(15-21)34(42)36-30-32(41)31(40)28(18-38)45-35(30)43/h8-17,28,30-32,35,38,40-41,43H,5-7,18H2,1-4H3,(H,36,42)/t28-,30-,31-,32-,35?/m1/s1. The molecule has 0 bridgehead atoms. The highest BCUT2D eigenvalue weighted by atomic mass is 16.6. The van der Waals surface area contributed by atoms with Crippen molar-refractivity contribution in [1.82, 2.24) is 5.32 Å². The lowest BCUT2D eigenvalue weighted by atomic mass is 9.94. The molecule has 2 heterocycles. The normalized spacial score (nSPS) is 21.6. The van der Waals surface area contributed by atoms with Gasteiger partial charge in [0.1, 0.15) is 35.7 Å². The number of anilines is 1. The lowest BCUT2D eigenvalue weighted by Gasteiger charge is -2.40. The number of carbonyl (C=O) groups is 2. The highest BCUT2D eigenvalue weighted by Gasteiger charge is 2.44. The quantitative estimate of drug-likeness (QED) is 0.166. The predicted molar refractivity (Wildman–Crippen MR) is 171 cm³/mol. The second-order valence-corrected chi connectivity index (χ2v) is 11.3. The Labute approximate surface area is 261 Å². The largest absolute Gasteiger partial charge is 0.455 e. The zero-order chi connectivity index (χ0) is 32.4. The number of ether oxygens (including phenoxy) is 1. The van der Waals surface area contributed by atoms with Crippen molar-refractivity contribution in [1.29, 1.82) is 0 Å². The molecule has 1 aliphatic heterocycles. The molecule has 1 fully saturated rings. The van der Waals surface area contributed by atoms with E-state index < -0.39 is 43.2 Å². The van der Waals surface area contributed by atoms with Crippen LogP contribution >= 0.6 is 0 Å². The van der Waals surface area contributed by atoms with E-state index in [1.54, 1.807) is 18.2 Å². The van der Waals surface area contributed by atoms with Gasteiger partial charge in [-0.3, -0.25) is 9.59 Å². The molecular formula is C35H40N2O8. The van der Waals surface area contributed by atoms with Crippen LogP contribution in [0.3, 0.4) is 0 Å². The van der Waals surface area contributed by atoms with Gasteiger partial charge in [0, 0.05) is 53.3 Å². The fourth-order valence-corrected chi connectivity index (χ4v) is 5.87. The van der Waals surface area contributed by atoms with Gasteiger partial charge in [-0.1, -0.05) is 48.9 Å². The SMILES string of the molecule is CCC(=O)c1c(-c2ccc(C)cc2)oc2cc(N(CC)CC)c(-c3cccc(C(=O)N[C@H]4C(O)O[C@H](CO)[C@@H](O)[C@@H]4O)c3)cc12. The average Bonchev–Trinajstić information content (AvgIpc) is 3.43. The van der Waals surface area contributed by atoms with Crippen LogP contribution < -0.4 is 10.2 Å². The van der Waals surface area contributed by atoms with E-state index >= 15 is 0 Å². The van der Waals surface area contributed by atoms with Gasteiger partial charge in [0.2, 0.25) is 0 Å². The Kier molecular flexibility index (Phi) is 9.71. The van der Waals surface area contributed by atoms with Gasteiger partial charge in [0.15, 0.2) is 12.1 Å². The first kappa shape index (κ1) is 32.3. The Morgan fingerprint density at radius 1 is 0.911 bits per heavy atom. The Bertz CT molecular complexity index is 1680. The molecule has 0 radical (unpaired) electrons. The molecule has 0 spiro atoms. The maximum Gasteiger partial charge on any atom is 0.251 e. The van der Waals surface area contributed by atoms with Crippen molar-refractivity contribution in [3.05, 3.63) is 77.4 Å². The summed E-state index contributed by atoms with van der Waals surface area (Å²) >= 11 is 0. The predicted octanol–water partition coefficient (Wildman–Crippen LogP) is 4.04. The second kappa shape index (κ2) is 13.5. The molecule has 1 unspecified atom stereocenters. The molecule has 238 valence electrons. The van der Waals surface area contributed by atoms with E-state index in [0.29, 0.717) is 47.4 Å². The summed E-state index contributed by atoms with van der Waals surface area (Å²) in [6, 6.07) is 17.3. The maximum atomic E-state index is 13.4. The number of benzene rings is 3. The average molecular weight is 617 g/mol. The molecule has 0 aliphatic carbocycles. The summed E-state index contributed by atoms with van der Waals surface area (Å²) in [5, 5.41) is 43.7. The van der Waals surface area contributed by atoms with Crippen LogP contribution in [0.1, 0.15) is 53.5 Å². The minimum Gasteiger partial charge on any atom is -0.455 e. The molecule has 5 rings (SSSR count). The van der Waals surface area contributed by atoms with Crippen molar-refractivity contribution in [2.75, 3.05) is 24.6 Å². The van der Waals surface area contributed by atoms with Crippen molar-refractivity contribution in [3.8, 4) is 22.5 Å². The molecule has 10 nitrogen and oxygen atoms in total. The molecule has 1 saturated heterocycles. The number of nitrogens with one attached hydrogen (secondary N) is 1. The fourth-order valence-electron chi connectivity index (χ4n) is 5.87. The summed E-state index contributed by atoms with van der Waals surface area (Å²) in [7, 11) is 0. The fraction of sp³-hybridized carbons (Fsp3) is 0.371. The van der Waals surface area contributed by atoms with Crippen LogP contribution in [0, 0.1) is 6.92 Å². The molecular weight excluding hydrogens is 576 g/mol. The summed E-state index contributed by atoms with van der Waals surface area (Å²) < 4.78 is 11.6. The van der Waals surface area contributed by atoms with Crippen LogP contribution in [0.2, 0.25) is 0 Å². The van der Waals surface area contributed by atoms with Gasteiger partial charge < -0.3 is 39.8 Å². The van der Waals surface area contributed by atoms with Crippen LogP contribution in [-0.4, -0.2) is 82.5 Å². The third-order valence-corrected chi connectivity index (χ3v) is 8.46. The summed E-state index contributed by atoms with van der Waals surface area (Å²) in [5.74, 6) is -0.128. The summed E-state index contributed by atoms with van der Waals surface area (Å²) in [6.07, 6.45) is -5.58. The number of furan rings is 1. The lowest BCUT2D eigenvalue weighted by Crippen LogP contribution is -2.64. The van der Waals surface area contributed by atoms with Crippen molar-refractivity contribution < 1.29 is 39.2 Å². The molecule has 0 saturated carbocycles. The van der Waals surface area contributed by atoms with E-state index in [-0.39, 0.29) is 11.3 Å². The van der Waals surface area contributed by atoms with Crippen LogP contribution in [0.15, 0.2) is 65.1 Å². The van der Waals surface area contributed by atoms with Crippen LogP contribution in [0.5, 0.6) is 0 Å². The first-order valence-corrected chi connectivity index (χ1v) is 15.3. The Balaban J connectivity index is 1.60. The number of aliphatic hydroxyl groups excluding tert-OH is 4. The molecule has 5 N–H and O–H groups in total. The number of aryl methyl sites for hydroxylation is 1. The van der Waals surface area contributed by atoms with Gasteiger partial charge in [0.25, 0.3) is 5.91 Å². The Morgan fingerprint density at radius 2 is 1.62 bits per heavy atom. The Morgan fingerprint density at radius 3 is 2.27 bits per heavy atom. The van der Waals surface area contributed by atoms with Gasteiger partial charge in [-0.2, -0.15) is 0 Å². The van der Waals surface area contributed by atoms with Gasteiger partial charge in [-0.15, -0.1) is 0 Å². The number of aliphatic hydroxyl groups is 4. The van der Waals surface area contributed by atoms with E-state index in [4.69, 9.17) is 9.15 Å². The maximum absolute atomic E-state index is 13.4. The number of fused-ring (bicyclic) bond motifs is 1. The zero-order valence-electron chi connectivity index (χ0n) is 25.9. The summed E-state index contributed by atoms with van der Waals surface area (Å²) in [6.45, 7) is 8.72. The first-order valence-electron chi connectivity index (χ1n) is 15.3. The zero-order valence-corrected chi connectivity index (χ0v) is 25.9. The molecule has 1 aromatic heterocycles. The van der Waals surface area contributed by atoms with Gasteiger partial charge in [0.05, 0.1) is 12.2 Å². The van der Waals surface area contributed by atoms with Crippen LogP contribution in [0.25, 0.3) is 33.4 Å². The molecule has 1 aliphatic rings. The number of hydrogen-bond donors (Lipinski definition) is 5. The molecule has 1 amide bonds. The van der Waals surface area contributed by atoms with Crippen molar-refractivity contribution in [3.63, 3.8) is 0 Å². The van der Waals surface area contributed by atoms with Gasteiger partial charge in [-0.25, -0.2) is 0 Å².